The van der Waals surface area contributed by atoms with Crippen molar-refractivity contribution in [2.45, 2.75) is 51.3 Å². The highest BCUT2D eigenvalue weighted by Gasteiger charge is 2.22. The molecule has 2 rings (SSSR count). The van der Waals surface area contributed by atoms with E-state index in [0.29, 0.717) is 11.4 Å². The lowest BCUT2D eigenvalue weighted by Crippen LogP contribution is -2.26. The van der Waals surface area contributed by atoms with Crippen molar-refractivity contribution in [3.05, 3.63) is 23.3 Å². The molecular formula is C16H26N2O2S. The van der Waals surface area contributed by atoms with Gasteiger partial charge in [0.2, 0.25) is 10.0 Å². The predicted molar refractivity (Wildman–Crippen MR) is 87.2 cm³/mol. The molecule has 0 heterocycles. The molecule has 0 aromatic heterocycles. The molecule has 1 aliphatic carbocycles. The summed E-state index contributed by atoms with van der Waals surface area (Å²) in [6.45, 7) is 7.09. The average molecular weight is 310 g/mol. The van der Waals surface area contributed by atoms with E-state index in [1.165, 1.54) is 12.8 Å². The zero-order valence-electron chi connectivity index (χ0n) is 13.2. The summed E-state index contributed by atoms with van der Waals surface area (Å²) in [6, 6.07) is 3.80. The first-order valence-electron chi connectivity index (χ1n) is 7.79. The molecule has 1 aromatic rings. The minimum Gasteiger partial charge on any atom is -0.385 e. The second-order valence-corrected chi connectivity index (χ2v) is 7.66. The smallest absolute Gasteiger partial charge is 0.241 e. The van der Waals surface area contributed by atoms with Gasteiger partial charge in [0.25, 0.3) is 0 Å². The van der Waals surface area contributed by atoms with E-state index in [0.717, 1.165) is 42.1 Å². The lowest BCUT2D eigenvalue weighted by molar-refractivity contribution is 0.571. The topological polar surface area (TPSA) is 58.2 Å². The lowest BCUT2D eigenvalue weighted by atomic mass is 10.1. The van der Waals surface area contributed by atoms with Crippen molar-refractivity contribution < 1.29 is 8.42 Å². The van der Waals surface area contributed by atoms with Crippen LogP contribution in [0, 0.1) is 19.8 Å². The van der Waals surface area contributed by atoms with E-state index in [4.69, 9.17) is 0 Å². The molecule has 0 amide bonds. The number of nitrogens with one attached hydrogen (secondary N) is 2. The fraction of sp³-hybridized carbons (Fsp3) is 0.625. The van der Waals surface area contributed by atoms with Crippen LogP contribution in [0.1, 0.15) is 43.7 Å². The van der Waals surface area contributed by atoms with Crippen molar-refractivity contribution in [3.8, 4) is 0 Å². The van der Waals surface area contributed by atoms with Gasteiger partial charge in [-0.15, -0.1) is 0 Å². The molecule has 0 radical (unpaired) electrons. The van der Waals surface area contributed by atoms with Crippen LogP contribution in [0.4, 0.5) is 5.69 Å². The molecule has 1 aliphatic rings. The van der Waals surface area contributed by atoms with E-state index in [9.17, 15) is 8.42 Å². The first-order chi connectivity index (χ1) is 9.94. The van der Waals surface area contributed by atoms with Gasteiger partial charge < -0.3 is 5.32 Å². The van der Waals surface area contributed by atoms with Gasteiger partial charge in [-0.2, -0.15) is 0 Å². The van der Waals surface area contributed by atoms with Crippen LogP contribution in [0.15, 0.2) is 17.0 Å². The Morgan fingerprint density at radius 2 is 1.81 bits per heavy atom. The van der Waals surface area contributed by atoms with Gasteiger partial charge in [0, 0.05) is 18.8 Å². The van der Waals surface area contributed by atoms with Crippen LogP contribution in [0.2, 0.25) is 0 Å². The Kier molecular flexibility index (Phi) is 5.27. The number of sulfonamides is 1. The molecule has 1 saturated carbocycles. The van der Waals surface area contributed by atoms with Crippen molar-refractivity contribution >= 4 is 15.7 Å². The summed E-state index contributed by atoms with van der Waals surface area (Å²) in [5, 5.41) is 3.22. The third kappa shape index (κ3) is 4.45. The summed E-state index contributed by atoms with van der Waals surface area (Å²) in [5.41, 5.74) is 2.56. The molecule has 0 atom stereocenters. The van der Waals surface area contributed by atoms with E-state index in [1.807, 2.05) is 32.9 Å². The second kappa shape index (κ2) is 6.79. The van der Waals surface area contributed by atoms with Gasteiger partial charge in [0.05, 0.1) is 4.90 Å². The molecule has 1 aromatic carbocycles. The van der Waals surface area contributed by atoms with Crippen LogP contribution in [0.5, 0.6) is 0 Å². The van der Waals surface area contributed by atoms with Gasteiger partial charge in [-0.3, -0.25) is 0 Å². The van der Waals surface area contributed by atoms with Crippen LogP contribution in [-0.2, 0) is 10.0 Å². The normalized spacial score (nSPS) is 15.2. The molecule has 0 bridgehead atoms. The fourth-order valence-corrected chi connectivity index (χ4v) is 4.28. The van der Waals surface area contributed by atoms with E-state index in [2.05, 4.69) is 10.0 Å². The van der Waals surface area contributed by atoms with Crippen LogP contribution in [0.3, 0.4) is 0 Å². The average Bonchev–Trinajstić information content (AvgIpc) is 3.18. The van der Waals surface area contributed by atoms with Crippen molar-refractivity contribution in [1.82, 2.24) is 4.72 Å². The van der Waals surface area contributed by atoms with Crippen LogP contribution in [0.25, 0.3) is 0 Å². The molecule has 0 spiro atoms. The maximum atomic E-state index is 12.5. The van der Waals surface area contributed by atoms with Gasteiger partial charge in [-0.25, -0.2) is 13.1 Å². The fourth-order valence-electron chi connectivity index (χ4n) is 2.76. The molecule has 118 valence electrons. The molecule has 1 fully saturated rings. The summed E-state index contributed by atoms with van der Waals surface area (Å²) in [6.07, 6.45) is 4.70. The Bertz CT molecular complexity index is 569. The Morgan fingerprint density at radius 1 is 1.19 bits per heavy atom. The highest BCUT2D eigenvalue weighted by Crippen LogP contribution is 2.33. The highest BCUT2D eigenvalue weighted by atomic mass is 32.2. The number of hydrogen-bond donors (Lipinski definition) is 2. The van der Waals surface area contributed by atoms with E-state index in [1.54, 1.807) is 0 Å². The molecule has 0 aliphatic heterocycles. The molecule has 2 N–H and O–H groups in total. The molecular weight excluding hydrogens is 284 g/mol. The third-order valence-electron chi connectivity index (χ3n) is 3.89. The summed E-state index contributed by atoms with van der Waals surface area (Å²) in [7, 11) is -3.41. The predicted octanol–water partition coefficient (Wildman–Crippen LogP) is 3.20. The standard InChI is InChI=1S/C16H26N2O2S/c1-4-17-15-10-12(2)16(13(3)11-15)21(19,20)18-9-5-6-14-7-8-14/h10-11,14,17-18H,4-9H2,1-3H3. The maximum absolute atomic E-state index is 12.5. The second-order valence-electron chi connectivity index (χ2n) is 5.95. The highest BCUT2D eigenvalue weighted by molar-refractivity contribution is 7.89. The number of rotatable bonds is 8. The molecule has 4 nitrogen and oxygen atoms in total. The first-order valence-corrected chi connectivity index (χ1v) is 9.27. The van der Waals surface area contributed by atoms with Crippen molar-refractivity contribution in [2.24, 2.45) is 5.92 Å². The monoisotopic (exact) mass is 310 g/mol. The zero-order chi connectivity index (χ0) is 15.5. The SMILES string of the molecule is CCNc1cc(C)c(S(=O)(=O)NCCCC2CC2)c(C)c1. The van der Waals surface area contributed by atoms with Gasteiger partial charge in [-0.1, -0.05) is 12.8 Å². The van der Waals surface area contributed by atoms with Crippen LogP contribution in [-0.4, -0.2) is 21.5 Å². The van der Waals surface area contributed by atoms with Gasteiger partial charge in [0.1, 0.15) is 0 Å². The quantitative estimate of drug-likeness (QED) is 0.725. The van der Waals surface area contributed by atoms with Gasteiger partial charge >= 0.3 is 0 Å². The number of aryl methyl sites for hydroxylation is 2. The summed E-state index contributed by atoms with van der Waals surface area (Å²) >= 11 is 0. The van der Waals surface area contributed by atoms with Crippen LogP contribution >= 0.6 is 0 Å². The van der Waals surface area contributed by atoms with Gasteiger partial charge in [0.15, 0.2) is 0 Å². The summed E-state index contributed by atoms with van der Waals surface area (Å²) < 4.78 is 27.7. The maximum Gasteiger partial charge on any atom is 0.241 e. The van der Waals surface area contributed by atoms with Crippen molar-refractivity contribution in [1.29, 1.82) is 0 Å². The van der Waals surface area contributed by atoms with Crippen LogP contribution < -0.4 is 10.0 Å². The summed E-state index contributed by atoms with van der Waals surface area (Å²) in [4.78, 5) is 0.426. The Hall–Kier alpha value is -1.07. The van der Waals surface area contributed by atoms with E-state index >= 15 is 0 Å². The van der Waals surface area contributed by atoms with Crippen molar-refractivity contribution in [3.63, 3.8) is 0 Å². The first kappa shape index (κ1) is 16.3. The Morgan fingerprint density at radius 3 is 2.33 bits per heavy atom. The zero-order valence-corrected chi connectivity index (χ0v) is 14.0. The lowest BCUT2D eigenvalue weighted by Gasteiger charge is -2.14. The Labute approximate surface area is 128 Å². The van der Waals surface area contributed by atoms with E-state index < -0.39 is 10.0 Å². The minimum atomic E-state index is -3.41. The number of hydrogen-bond acceptors (Lipinski definition) is 3. The molecule has 5 heteroatoms. The van der Waals surface area contributed by atoms with Crippen molar-refractivity contribution in [2.75, 3.05) is 18.4 Å². The Balaban J connectivity index is 2.06. The largest absolute Gasteiger partial charge is 0.385 e. The molecule has 21 heavy (non-hydrogen) atoms. The minimum absolute atomic E-state index is 0.426. The third-order valence-corrected chi connectivity index (χ3v) is 5.65. The molecule has 0 saturated heterocycles. The van der Waals surface area contributed by atoms with E-state index in [-0.39, 0.29) is 0 Å². The molecule has 0 unspecified atom stereocenters. The summed E-state index contributed by atoms with van der Waals surface area (Å²) in [5.74, 6) is 0.845. The number of benzene rings is 1. The van der Waals surface area contributed by atoms with Gasteiger partial charge in [-0.05, 0) is 62.8 Å². The number of anilines is 1.